The van der Waals surface area contributed by atoms with Crippen LogP contribution in [0.3, 0.4) is 0 Å². The number of nitrogens with zero attached hydrogens (tertiary/aromatic N) is 3. The van der Waals surface area contributed by atoms with E-state index in [2.05, 4.69) is 15.4 Å². The highest BCUT2D eigenvalue weighted by Gasteiger charge is 2.34. The molecule has 0 saturated carbocycles. The van der Waals surface area contributed by atoms with Crippen molar-refractivity contribution in [1.29, 1.82) is 0 Å². The number of anilines is 1. The molecule has 6 nitrogen and oxygen atoms in total. The lowest BCUT2D eigenvalue weighted by molar-refractivity contribution is -0.142. The highest BCUT2D eigenvalue weighted by molar-refractivity contribution is 5.44. The van der Waals surface area contributed by atoms with Crippen LogP contribution in [0.2, 0.25) is 0 Å². The highest BCUT2D eigenvalue weighted by atomic mass is 19.4. The Morgan fingerprint density at radius 1 is 1.37 bits per heavy atom. The second kappa shape index (κ2) is 4.84. The first kappa shape index (κ1) is 13.3. The SMILES string of the molecule is O=c1cc(C(F)(F)F)n2nc(NCCO)ccc2n1. The number of aliphatic hydroxyl groups excluding tert-OH is 1. The Morgan fingerprint density at radius 3 is 2.74 bits per heavy atom. The van der Waals surface area contributed by atoms with Crippen LogP contribution in [0.15, 0.2) is 23.0 Å². The molecule has 9 heteroatoms. The summed E-state index contributed by atoms with van der Waals surface area (Å²) in [6, 6.07) is 3.00. The van der Waals surface area contributed by atoms with Gasteiger partial charge in [-0.15, -0.1) is 5.10 Å². The van der Waals surface area contributed by atoms with E-state index in [-0.39, 0.29) is 24.6 Å². The predicted octanol–water partition coefficient (Wildman–Crippen LogP) is 0.512. The molecule has 0 unspecified atom stereocenters. The van der Waals surface area contributed by atoms with E-state index in [1.165, 1.54) is 12.1 Å². The molecule has 0 spiro atoms. The van der Waals surface area contributed by atoms with Crippen LogP contribution in [-0.2, 0) is 6.18 Å². The molecule has 2 N–H and O–H groups in total. The second-order valence-electron chi connectivity index (χ2n) is 3.62. The molecule has 0 amide bonds. The van der Waals surface area contributed by atoms with Crippen molar-refractivity contribution in [1.82, 2.24) is 14.6 Å². The van der Waals surface area contributed by atoms with E-state index in [0.717, 1.165) is 0 Å². The largest absolute Gasteiger partial charge is 0.433 e. The van der Waals surface area contributed by atoms with Crippen molar-refractivity contribution in [2.75, 3.05) is 18.5 Å². The zero-order chi connectivity index (χ0) is 14.0. The van der Waals surface area contributed by atoms with Gasteiger partial charge in [0.15, 0.2) is 11.3 Å². The lowest BCUT2D eigenvalue weighted by atomic mass is 10.3. The summed E-state index contributed by atoms with van der Waals surface area (Å²) in [5.41, 5.74) is -2.38. The molecule has 2 aromatic heterocycles. The molecule has 0 radical (unpaired) electrons. The lowest BCUT2D eigenvalue weighted by Gasteiger charge is -2.11. The summed E-state index contributed by atoms with van der Waals surface area (Å²) in [5.74, 6) is 0.137. The van der Waals surface area contributed by atoms with E-state index in [4.69, 9.17) is 5.11 Å². The first-order chi connectivity index (χ1) is 8.91. The molecule has 102 valence electrons. The monoisotopic (exact) mass is 274 g/mol. The molecule has 0 aliphatic carbocycles. The van der Waals surface area contributed by atoms with Gasteiger partial charge in [-0.1, -0.05) is 0 Å². The summed E-state index contributed by atoms with van der Waals surface area (Å²) in [4.78, 5) is 14.5. The number of nitrogens with one attached hydrogen (secondary N) is 1. The maximum atomic E-state index is 12.8. The topological polar surface area (TPSA) is 79.5 Å². The van der Waals surface area contributed by atoms with Crippen molar-refractivity contribution < 1.29 is 18.3 Å². The maximum Gasteiger partial charge on any atom is 0.433 e. The van der Waals surface area contributed by atoms with Gasteiger partial charge in [-0.25, -0.2) is 4.52 Å². The molecular formula is C10H9F3N4O2. The van der Waals surface area contributed by atoms with Gasteiger partial charge in [0.1, 0.15) is 5.82 Å². The van der Waals surface area contributed by atoms with E-state index in [1.54, 1.807) is 0 Å². The molecular weight excluding hydrogens is 265 g/mol. The van der Waals surface area contributed by atoms with Crippen molar-refractivity contribution in [3.05, 3.63) is 34.2 Å². The molecule has 0 aromatic carbocycles. The number of alkyl halides is 3. The minimum Gasteiger partial charge on any atom is -0.395 e. The first-order valence-corrected chi connectivity index (χ1v) is 5.25. The molecule has 2 rings (SSSR count). The van der Waals surface area contributed by atoms with Crippen molar-refractivity contribution in [3.63, 3.8) is 0 Å². The van der Waals surface area contributed by atoms with Gasteiger partial charge in [-0.2, -0.15) is 18.2 Å². The number of rotatable bonds is 3. The number of hydrogen-bond donors (Lipinski definition) is 2. The number of fused-ring (bicyclic) bond motifs is 1. The molecule has 19 heavy (non-hydrogen) atoms. The van der Waals surface area contributed by atoms with Crippen molar-refractivity contribution >= 4 is 11.5 Å². The Balaban J connectivity index is 2.62. The van der Waals surface area contributed by atoms with Gasteiger partial charge in [0.05, 0.1) is 6.61 Å². The molecule has 0 aliphatic rings. The van der Waals surface area contributed by atoms with Crippen LogP contribution in [0.5, 0.6) is 0 Å². The normalized spacial score (nSPS) is 11.8. The fourth-order valence-corrected chi connectivity index (χ4v) is 1.48. The van der Waals surface area contributed by atoms with Crippen molar-refractivity contribution in [3.8, 4) is 0 Å². The van der Waals surface area contributed by atoms with Crippen LogP contribution in [0, 0.1) is 0 Å². The van der Waals surface area contributed by atoms with Gasteiger partial charge < -0.3 is 10.4 Å². The molecule has 0 fully saturated rings. The van der Waals surface area contributed by atoms with E-state index in [0.29, 0.717) is 10.6 Å². The van der Waals surface area contributed by atoms with Crippen LogP contribution in [0.4, 0.5) is 19.0 Å². The summed E-state index contributed by atoms with van der Waals surface area (Å²) in [5, 5.41) is 14.9. The van der Waals surface area contributed by atoms with E-state index in [9.17, 15) is 18.0 Å². The van der Waals surface area contributed by atoms with Gasteiger partial charge in [0, 0.05) is 12.6 Å². The van der Waals surface area contributed by atoms with E-state index in [1.807, 2.05) is 0 Å². The molecule has 2 aromatic rings. The summed E-state index contributed by atoms with van der Waals surface area (Å²) in [6.07, 6.45) is -4.71. The average molecular weight is 274 g/mol. The smallest absolute Gasteiger partial charge is 0.395 e. The molecule has 0 bridgehead atoms. The summed E-state index contributed by atoms with van der Waals surface area (Å²) in [6.45, 7) is -0.0399. The van der Waals surface area contributed by atoms with Gasteiger partial charge in [-0.05, 0) is 12.1 Å². The van der Waals surface area contributed by atoms with Crippen LogP contribution in [0.25, 0.3) is 5.65 Å². The summed E-state index contributed by atoms with van der Waals surface area (Å²) in [7, 11) is 0. The van der Waals surface area contributed by atoms with E-state index >= 15 is 0 Å². The molecule has 0 saturated heterocycles. The minimum atomic E-state index is -4.71. The van der Waals surface area contributed by atoms with Crippen LogP contribution in [-0.4, -0.2) is 32.9 Å². The van der Waals surface area contributed by atoms with Crippen molar-refractivity contribution in [2.24, 2.45) is 0 Å². The quantitative estimate of drug-likeness (QED) is 0.852. The Bertz CT molecular complexity index is 653. The lowest BCUT2D eigenvalue weighted by Crippen LogP contribution is -2.21. The third kappa shape index (κ3) is 2.81. The van der Waals surface area contributed by atoms with Crippen LogP contribution in [0.1, 0.15) is 5.69 Å². The first-order valence-electron chi connectivity index (χ1n) is 5.25. The van der Waals surface area contributed by atoms with Crippen LogP contribution < -0.4 is 10.9 Å². The molecule has 2 heterocycles. The maximum absolute atomic E-state index is 12.8. The third-order valence-corrected chi connectivity index (χ3v) is 2.24. The van der Waals surface area contributed by atoms with E-state index < -0.39 is 17.4 Å². The van der Waals surface area contributed by atoms with Gasteiger partial charge in [0.25, 0.3) is 5.56 Å². The van der Waals surface area contributed by atoms with Crippen LogP contribution >= 0.6 is 0 Å². The fourth-order valence-electron chi connectivity index (χ4n) is 1.48. The Hall–Kier alpha value is -2.16. The Morgan fingerprint density at radius 2 is 2.11 bits per heavy atom. The van der Waals surface area contributed by atoms with Crippen molar-refractivity contribution in [2.45, 2.75) is 6.18 Å². The minimum absolute atomic E-state index is 0.137. The second-order valence-corrected chi connectivity index (χ2v) is 3.62. The zero-order valence-corrected chi connectivity index (χ0v) is 9.48. The number of halogens is 3. The van der Waals surface area contributed by atoms with Gasteiger partial charge in [0.2, 0.25) is 0 Å². The number of aromatic nitrogens is 3. The number of hydrogen-bond acceptors (Lipinski definition) is 5. The van der Waals surface area contributed by atoms with Gasteiger partial charge >= 0.3 is 6.18 Å². The summed E-state index contributed by atoms with van der Waals surface area (Å²) < 4.78 is 38.9. The Kier molecular flexibility index (Phi) is 3.38. The predicted molar refractivity (Wildman–Crippen MR) is 59.8 cm³/mol. The molecule has 0 atom stereocenters. The Labute approximate surface area is 104 Å². The van der Waals surface area contributed by atoms with Gasteiger partial charge in [-0.3, -0.25) is 4.79 Å². The summed E-state index contributed by atoms with van der Waals surface area (Å²) >= 11 is 0. The average Bonchev–Trinajstić information content (AvgIpc) is 2.34. The zero-order valence-electron chi connectivity index (χ0n) is 9.48. The standard InChI is InChI=1S/C10H9F3N4O2/c11-10(12,13)6-5-9(19)15-8-2-1-7(14-3-4-18)16-17(6)8/h1-2,5,18H,3-4H2,(H,14,16). The number of aliphatic hydroxyl groups is 1. The third-order valence-electron chi connectivity index (χ3n) is 2.24. The highest BCUT2D eigenvalue weighted by Crippen LogP contribution is 2.28. The molecule has 0 aliphatic heterocycles. The fraction of sp³-hybridized carbons (Fsp3) is 0.300.